The Morgan fingerprint density at radius 1 is 1.20 bits per heavy atom. The molecule has 30 heavy (non-hydrogen) atoms. The van der Waals surface area contributed by atoms with Gasteiger partial charge in [-0.15, -0.1) is 0 Å². The lowest BCUT2D eigenvalue weighted by Gasteiger charge is -2.32. The Kier molecular flexibility index (Phi) is 7.52. The molecule has 1 amide bonds. The molecule has 162 valence electrons. The summed E-state index contributed by atoms with van der Waals surface area (Å²) in [5.41, 5.74) is 9.50. The van der Waals surface area contributed by atoms with Gasteiger partial charge in [0, 0.05) is 56.6 Å². The quantitative estimate of drug-likeness (QED) is 0.650. The summed E-state index contributed by atoms with van der Waals surface area (Å²) < 4.78 is 5.55. The molecule has 1 fully saturated rings. The van der Waals surface area contributed by atoms with Gasteiger partial charge < -0.3 is 25.6 Å². The van der Waals surface area contributed by atoms with Crippen LogP contribution in [0.3, 0.4) is 0 Å². The summed E-state index contributed by atoms with van der Waals surface area (Å²) in [5, 5.41) is 3.40. The summed E-state index contributed by atoms with van der Waals surface area (Å²) in [4.78, 5) is 21.6. The van der Waals surface area contributed by atoms with Crippen molar-refractivity contribution in [2.24, 2.45) is 0 Å². The fraction of sp³-hybridized carbons (Fsp3) is 0.478. The Bertz CT molecular complexity index is 863. The highest BCUT2D eigenvalue weighted by Gasteiger charge is 2.23. The summed E-state index contributed by atoms with van der Waals surface area (Å²) in [6.45, 7) is 6.34. The highest BCUT2D eigenvalue weighted by atomic mass is 16.5. The minimum atomic E-state index is 0.0241. The van der Waals surface area contributed by atoms with Crippen LogP contribution in [0, 0.1) is 0 Å². The average molecular weight is 412 g/mol. The number of amides is 1. The van der Waals surface area contributed by atoms with Crippen LogP contribution in [0.5, 0.6) is 5.75 Å². The molecule has 3 N–H and O–H groups in total. The van der Waals surface area contributed by atoms with E-state index in [1.807, 2.05) is 35.2 Å². The van der Waals surface area contributed by atoms with Crippen molar-refractivity contribution >= 4 is 17.4 Å². The number of aromatic nitrogens is 1. The molecule has 2 aromatic rings. The number of hydrogen-bond acceptors (Lipinski definition) is 6. The van der Waals surface area contributed by atoms with E-state index in [-0.39, 0.29) is 5.91 Å². The van der Waals surface area contributed by atoms with E-state index in [4.69, 9.17) is 10.5 Å². The number of anilines is 2. The molecule has 2 heterocycles. The van der Waals surface area contributed by atoms with Crippen LogP contribution in [0.1, 0.15) is 41.4 Å². The van der Waals surface area contributed by atoms with Crippen LogP contribution in [0.25, 0.3) is 0 Å². The zero-order valence-electron chi connectivity index (χ0n) is 18.3. The lowest BCUT2D eigenvalue weighted by molar-refractivity contribution is 0.0661. The molecule has 0 aliphatic carbocycles. The largest absolute Gasteiger partial charge is 0.496 e. The van der Waals surface area contributed by atoms with Gasteiger partial charge in [-0.05, 0) is 37.2 Å². The van der Waals surface area contributed by atoms with Gasteiger partial charge in [0.15, 0.2) is 0 Å². The predicted octanol–water partition coefficient (Wildman–Crippen LogP) is 2.86. The molecule has 0 saturated carbocycles. The maximum atomic E-state index is 13.0. The monoisotopic (exact) mass is 411 g/mol. The number of methoxy groups -OCH3 is 1. The van der Waals surface area contributed by atoms with Gasteiger partial charge in [0.1, 0.15) is 11.6 Å². The fourth-order valence-corrected chi connectivity index (χ4v) is 3.62. The highest BCUT2D eigenvalue weighted by Crippen LogP contribution is 2.25. The number of nitrogen functional groups attached to an aromatic ring is 1. The SMILES string of the molecule is CCCCNc1cc(N)nc(Cc2ccc(C(=O)N3CCN(C)CC3)c(OC)c2)c1. The Hall–Kier alpha value is -2.80. The molecule has 1 aliphatic heterocycles. The fourth-order valence-electron chi connectivity index (χ4n) is 3.62. The third kappa shape index (κ3) is 5.63. The lowest BCUT2D eigenvalue weighted by atomic mass is 10.0. The van der Waals surface area contributed by atoms with Crippen molar-refractivity contribution in [3.05, 3.63) is 47.2 Å². The zero-order valence-corrected chi connectivity index (χ0v) is 18.3. The van der Waals surface area contributed by atoms with E-state index < -0.39 is 0 Å². The first kappa shape index (κ1) is 21.9. The highest BCUT2D eigenvalue weighted by molar-refractivity contribution is 5.97. The van der Waals surface area contributed by atoms with Gasteiger partial charge in [-0.25, -0.2) is 4.98 Å². The first-order chi connectivity index (χ1) is 14.5. The van der Waals surface area contributed by atoms with E-state index in [0.29, 0.717) is 23.6 Å². The van der Waals surface area contributed by atoms with E-state index >= 15 is 0 Å². The van der Waals surface area contributed by atoms with Crippen LogP contribution >= 0.6 is 0 Å². The molecule has 1 aromatic carbocycles. The van der Waals surface area contributed by atoms with Crippen LogP contribution in [0.4, 0.5) is 11.5 Å². The normalized spacial score (nSPS) is 14.6. The average Bonchev–Trinajstić information content (AvgIpc) is 2.73. The number of nitrogens with two attached hydrogens (primary N) is 1. The molecule has 1 aromatic heterocycles. The molecule has 7 heteroatoms. The van der Waals surface area contributed by atoms with Gasteiger partial charge >= 0.3 is 0 Å². The summed E-state index contributed by atoms with van der Waals surface area (Å²) in [6, 6.07) is 9.65. The Morgan fingerprint density at radius 2 is 1.97 bits per heavy atom. The number of rotatable bonds is 8. The number of piperazine rings is 1. The minimum absolute atomic E-state index is 0.0241. The van der Waals surface area contributed by atoms with Gasteiger partial charge in [-0.3, -0.25) is 4.79 Å². The molecule has 0 atom stereocenters. The topological polar surface area (TPSA) is 83.7 Å². The van der Waals surface area contributed by atoms with Crippen molar-refractivity contribution in [3.8, 4) is 5.75 Å². The van der Waals surface area contributed by atoms with Crippen LogP contribution < -0.4 is 15.8 Å². The maximum Gasteiger partial charge on any atom is 0.257 e. The third-order valence-corrected chi connectivity index (χ3v) is 5.43. The molecule has 0 radical (unpaired) electrons. The van der Waals surface area contributed by atoms with Crippen molar-refractivity contribution in [1.29, 1.82) is 0 Å². The molecule has 1 aliphatic rings. The smallest absolute Gasteiger partial charge is 0.257 e. The number of hydrogen-bond donors (Lipinski definition) is 2. The van der Waals surface area contributed by atoms with E-state index in [1.165, 1.54) is 0 Å². The molecule has 7 nitrogen and oxygen atoms in total. The molecule has 0 bridgehead atoms. The summed E-state index contributed by atoms with van der Waals surface area (Å²) in [5.74, 6) is 1.12. The van der Waals surface area contributed by atoms with Crippen LogP contribution in [-0.2, 0) is 6.42 Å². The summed E-state index contributed by atoms with van der Waals surface area (Å²) in [7, 11) is 3.68. The van der Waals surface area contributed by atoms with Crippen LogP contribution in [0.15, 0.2) is 30.3 Å². The Labute approximate surface area is 179 Å². The first-order valence-electron chi connectivity index (χ1n) is 10.6. The Morgan fingerprint density at radius 3 is 2.67 bits per heavy atom. The van der Waals surface area contributed by atoms with Gasteiger partial charge in [0.2, 0.25) is 0 Å². The Balaban J connectivity index is 1.74. The van der Waals surface area contributed by atoms with Gasteiger partial charge in [-0.1, -0.05) is 19.4 Å². The van der Waals surface area contributed by atoms with E-state index in [1.54, 1.807) is 7.11 Å². The number of carbonyl (C=O) groups is 1. The van der Waals surface area contributed by atoms with Crippen molar-refractivity contribution in [3.63, 3.8) is 0 Å². The molecular weight excluding hydrogens is 378 g/mol. The number of likely N-dealkylation sites (N-methyl/N-ethyl adjacent to an activating group) is 1. The number of nitrogens with one attached hydrogen (secondary N) is 1. The second-order valence-corrected chi connectivity index (χ2v) is 7.86. The summed E-state index contributed by atoms with van der Waals surface area (Å²) in [6.07, 6.45) is 2.86. The molecule has 0 spiro atoms. The molecule has 1 saturated heterocycles. The van der Waals surface area contributed by atoms with Gasteiger partial charge in [-0.2, -0.15) is 0 Å². The number of benzene rings is 1. The van der Waals surface area contributed by atoms with Crippen LogP contribution in [0.2, 0.25) is 0 Å². The van der Waals surface area contributed by atoms with Crippen molar-refractivity contribution in [1.82, 2.24) is 14.8 Å². The lowest BCUT2D eigenvalue weighted by Crippen LogP contribution is -2.47. The number of nitrogens with zero attached hydrogens (tertiary/aromatic N) is 3. The van der Waals surface area contributed by atoms with Crippen molar-refractivity contribution in [2.75, 3.05) is 57.9 Å². The first-order valence-corrected chi connectivity index (χ1v) is 10.6. The van der Waals surface area contributed by atoms with Crippen molar-refractivity contribution in [2.45, 2.75) is 26.2 Å². The van der Waals surface area contributed by atoms with Gasteiger partial charge in [0.25, 0.3) is 5.91 Å². The number of pyridine rings is 1. The summed E-state index contributed by atoms with van der Waals surface area (Å²) >= 11 is 0. The second-order valence-electron chi connectivity index (χ2n) is 7.86. The van der Waals surface area contributed by atoms with Crippen LogP contribution in [-0.4, -0.2) is 67.6 Å². The maximum absolute atomic E-state index is 13.0. The number of ether oxygens (including phenoxy) is 1. The van der Waals surface area contributed by atoms with E-state index in [9.17, 15) is 4.79 Å². The second kappa shape index (κ2) is 10.3. The van der Waals surface area contributed by atoms with Gasteiger partial charge in [0.05, 0.1) is 12.7 Å². The number of carbonyl (C=O) groups excluding carboxylic acids is 1. The third-order valence-electron chi connectivity index (χ3n) is 5.43. The predicted molar refractivity (Wildman–Crippen MR) is 121 cm³/mol. The molecule has 3 rings (SSSR count). The standard InChI is InChI=1S/C23H33N5O2/c1-4-5-8-25-18-15-19(26-22(24)16-18)13-17-6-7-20(21(14-17)30-3)23(29)28-11-9-27(2)10-12-28/h6-7,14-16H,4-5,8-13H2,1-3H3,(H3,24,25,26). The van der Waals surface area contributed by atoms with E-state index in [2.05, 4.69) is 29.2 Å². The zero-order chi connectivity index (χ0) is 21.5. The van der Waals surface area contributed by atoms with Crippen molar-refractivity contribution < 1.29 is 9.53 Å². The minimum Gasteiger partial charge on any atom is -0.496 e. The molecule has 0 unspecified atom stereocenters. The van der Waals surface area contributed by atoms with E-state index in [0.717, 1.165) is 62.5 Å². The molecular formula is C23H33N5O2. The number of unbranched alkanes of at least 4 members (excludes halogenated alkanes) is 1.